The minimum absolute atomic E-state index is 0.144. The lowest BCUT2D eigenvalue weighted by Crippen LogP contribution is -2.45. The van der Waals surface area contributed by atoms with Crippen LogP contribution in [0.5, 0.6) is 0 Å². The summed E-state index contributed by atoms with van der Waals surface area (Å²) in [5.41, 5.74) is 7.39. The van der Waals surface area contributed by atoms with Crippen molar-refractivity contribution >= 4 is 17.8 Å². The van der Waals surface area contributed by atoms with Crippen molar-refractivity contribution < 1.29 is 9.21 Å². The number of benzene rings is 1. The fraction of sp³-hybridized carbons (Fsp3) is 0.400. The van der Waals surface area contributed by atoms with Gasteiger partial charge in [0.15, 0.2) is 5.76 Å². The molecule has 1 atom stereocenters. The van der Waals surface area contributed by atoms with Crippen LogP contribution in [0.2, 0.25) is 0 Å². The van der Waals surface area contributed by atoms with E-state index < -0.39 is 0 Å². The molecule has 132 valence electrons. The van der Waals surface area contributed by atoms with Gasteiger partial charge in [0.05, 0.1) is 12.5 Å². The normalized spacial score (nSPS) is 19.1. The number of hydrogen-bond donors (Lipinski definition) is 1. The topological polar surface area (TPSA) is 57.8 Å². The molecule has 1 aromatic heterocycles. The Bertz CT molecular complexity index is 807. The lowest BCUT2D eigenvalue weighted by molar-refractivity contribution is 0.0927. The highest BCUT2D eigenvalue weighted by Gasteiger charge is 2.34. The fourth-order valence-corrected chi connectivity index (χ4v) is 3.50. The van der Waals surface area contributed by atoms with E-state index in [-0.39, 0.29) is 17.2 Å². The van der Waals surface area contributed by atoms with Crippen LogP contribution in [0, 0.1) is 6.92 Å². The zero-order valence-electron chi connectivity index (χ0n) is 15.5. The number of hydrogen-bond acceptors (Lipinski definition) is 4. The minimum atomic E-state index is -0.355. The lowest BCUT2D eigenvalue weighted by atomic mass is 9.79. The van der Waals surface area contributed by atoms with Crippen LogP contribution >= 0.6 is 0 Å². The zero-order chi connectivity index (χ0) is 18.2. The third-order valence-electron chi connectivity index (χ3n) is 5.14. The summed E-state index contributed by atoms with van der Waals surface area (Å²) in [6.07, 6.45) is 4.26. The van der Waals surface area contributed by atoms with E-state index in [9.17, 15) is 4.79 Å². The number of fused-ring (bicyclic) bond motifs is 1. The van der Waals surface area contributed by atoms with E-state index in [2.05, 4.69) is 62.3 Å². The Labute approximate surface area is 148 Å². The van der Waals surface area contributed by atoms with Gasteiger partial charge in [0.1, 0.15) is 0 Å². The molecule has 2 heterocycles. The van der Waals surface area contributed by atoms with Gasteiger partial charge in [0.25, 0.3) is 0 Å². The van der Waals surface area contributed by atoms with Crippen LogP contribution in [0.25, 0.3) is 0 Å². The number of hydrazone groups is 1. The number of furan rings is 1. The van der Waals surface area contributed by atoms with Crippen LogP contribution < -0.4 is 10.3 Å². The molecule has 0 bridgehead atoms. The zero-order valence-corrected chi connectivity index (χ0v) is 15.5. The molecule has 1 aliphatic rings. The third-order valence-corrected chi connectivity index (χ3v) is 5.14. The van der Waals surface area contributed by atoms with Gasteiger partial charge in [-0.15, -0.1) is 0 Å². The first-order chi connectivity index (χ1) is 11.8. The standard InChI is InChI=1S/C20H25N3O2/c1-13-9-17-16(14(2)11-20(3,4)23(17)5)10-15(13)12-21-22-19(24)18-7-6-8-25-18/h6-10,12,14H,11H2,1-5H3,(H,22,24)/b21-12-. The monoisotopic (exact) mass is 339 g/mol. The van der Waals surface area contributed by atoms with Gasteiger partial charge in [-0.2, -0.15) is 5.10 Å². The van der Waals surface area contributed by atoms with Crippen molar-refractivity contribution in [2.24, 2.45) is 5.10 Å². The van der Waals surface area contributed by atoms with Crippen LogP contribution in [0.3, 0.4) is 0 Å². The molecule has 1 amide bonds. The lowest BCUT2D eigenvalue weighted by Gasteiger charge is -2.45. The summed E-state index contributed by atoms with van der Waals surface area (Å²) in [7, 11) is 2.15. The molecule has 0 fully saturated rings. The van der Waals surface area contributed by atoms with E-state index >= 15 is 0 Å². The van der Waals surface area contributed by atoms with E-state index in [0.29, 0.717) is 5.92 Å². The van der Waals surface area contributed by atoms with Crippen LogP contribution in [0.1, 0.15) is 60.4 Å². The Morgan fingerprint density at radius 3 is 2.88 bits per heavy atom. The van der Waals surface area contributed by atoms with Crippen LogP contribution in [0.4, 0.5) is 5.69 Å². The van der Waals surface area contributed by atoms with E-state index in [1.807, 2.05) is 0 Å². The summed E-state index contributed by atoms with van der Waals surface area (Å²) in [4.78, 5) is 14.2. The van der Waals surface area contributed by atoms with Crippen LogP contribution in [-0.2, 0) is 0 Å². The molecule has 3 rings (SSSR count). The molecule has 25 heavy (non-hydrogen) atoms. The quantitative estimate of drug-likeness (QED) is 0.677. The van der Waals surface area contributed by atoms with Crippen molar-refractivity contribution in [1.29, 1.82) is 0 Å². The van der Waals surface area contributed by atoms with Crippen molar-refractivity contribution in [3.05, 3.63) is 53.0 Å². The van der Waals surface area contributed by atoms with Crippen molar-refractivity contribution in [2.75, 3.05) is 11.9 Å². The van der Waals surface area contributed by atoms with E-state index in [1.54, 1.807) is 18.3 Å². The number of aryl methyl sites for hydroxylation is 1. The van der Waals surface area contributed by atoms with Gasteiger partial charge in [-0.25, -0.2) is 5.43 Å². The van der Waals surface area contributed by atoms with Gasteiger partial charge in [-0.1, -0.05) is 6.92 Å². The SMILES string of the molecule is Cc1cc2c(cc1/C=N\NC(=O)c1ccco1)C(C)CC(C)(C)N2C. The molecule has 0 saturated carbocycles. The average Bonchev–Trinajstić information content (AvgIpc) is 3.08. The Morgan fingerprint density at radius 2 is 2.20 bits per heavy atom. The van der Waals surface area contributed by atoms with Crippen molar-refractivity contribution in [3.8, 4) is 0 Å². The number of carbonyl (C=O) groups is 1. The number of rotatable bonds is 3. The number of nitrogens with zero attached hydrogens (tertiary/aromatic N) is 2. The molecule has 1 aliphatic heterocycles. The fourth-order valence-electron chi connectivity index (χ4n) is 3.50. The maximum Gasteiger partial charge on any atom is 0.307 e. The number of amides is 1. The number of anilines is 1. The van der Waals surface area contributed by atoms with Gasteiger partial charge in [-0.3, -0.25) is 4.79 Å². The van der Waals surface area contributed by atoms with Crippen molar-refractivity contribution in [1.82, 2.24) is 5.43 Å². The molecular weight excluding hydrogens is 314 g/mol. The second-order valence-corrected chi connectivity index (χ2v) is 7.42. The Kier molecular flexibility index (Phi) is 4.41. The minimum Gasteiger partial charge on any atom is -0.459 e. The molecule has 2 aromatic rings. The molecule has 0 aliphatic carbocycles. The Morgan fingerprint density at radius 1 is 1.44 bits per heavy atom. The first-order valence-electron chi connectivity index (χ1n) is 8.55. The molecule has 0 radical (unpaired) electrons. The predicted molar refractivity (Wildman–Crippen MR) is 100 cm³/mol. The van der Waals surface area contributed by atoms with Crippen LogP contribution in [0.15, 0.2) is 40.0 Å². The smallest absolute Gasteiger partial charge is 0.307 e. The Balaban J connectivity index is 1.83. The maximum absolute atomic E-state index is 11.9. The summed E-state index contributed by atoms with van der Waals surface area (Å²) in [5, 5.41) is 4.08. The van der Waals surface area contributed by atoms with Gasteiger partial charge in [0, 0.05) is 18.3 Å². The molecule has 1 aromatic carbocycles. The highest BCUT2D eigenvalue weighted by molar-refractivity contribution is 5.92. The summed E-state index contributed by atoms with van der Waals surface area (Å²) in [6, 6.07) is 7.67. The maximum atomic E-state index is 11.9. The second kappa shape index (κ2) is 6.39. The third kappa shape index (κ3) is 3.31. The first kappa shape index (κ1) is 17.3. The summed E-state index contributed by atoms with van der Waals surface area (Å²) in [5.74, 6) is 0.371. The summed E-state index contributed by atoms with van der Waals surface area (Å²) < 4.78 is 5.05. The largest absolute Gasteiger partial charge is 0.459 e. The molecule has 5 nitrogen and oxygen atoms in total. The molecule has 5 heteroatoms. The molecule has 0 saturated heterocycles. The summed E-state index contributed by atoms with van der Waals surface area (Å²) >= 11 is 0. The van der Waals surface area contributed by atoms with Crippen molar-refractivity contribution in [2.45, 2.75) is 45.6 Å². The molecule has 1 N–H and O–H groups in total. The van der Waals surface area contributed by atoms with Gasteiger partial charge >= 0.3 is 5.91 Å². The molecule has 0 spiro atoms. The average molecular weight is 339 g/mol. The van der Waals surface area contributed by atoms with Gasteiger partial charge in [-0.05, 0) is 74.1 Å². The number of carbonyl (C=O) groups excluding carboxylic acids is 1. The van der Waals surface area contributed by atoms with E-state index in [0.717, 1.165) is 17.5 Å². The van der Waals surface area contributed by atoms with Gasteiger partial charge in [0.2, 0.25) is 0 Å². The Hall–Kier alpha value is -2.56. The number of nitrogens with one attached hydrogen (secondary N) is 1. The molecular formula is C20H25N3O2. The van der Waals surface area contributed by atoms with E-state index in [4.69, 9.17) is 4.42 Å². The first-order valence-corrected chi connectivity index (χ1v) is 8.55. The predicted octanol–water partition coefficient (Wildman–Crippen LogP) is 4.07. The molecule has 1 unspecified atom stereocenters. The van der Waals surface area contributed by atoms with Crippen LogP contribution in [-0.4, -0.2) is 24.7 Å². The van der Waals surface area contributed by atoms with Crippen molar-refractivity contribution in [3.63, 3.8) is 0 Å². The summed E-state index contributed by atoms with van der Waals surface area (Å²) in [6.45, 7) is 8.89. The second-order valence-electron chi connectivity index (χ2n) is 7.42. The highest BCUT2D eigenvalue weighted by Crippen LogP contribution is 2.43. The van der Waals surface area contributed by atoms with Gasteiger partial charge < -0.3 is 9.32 Å². The van der Waals surface area contributed by atoms with E-state index in [1.165, 1.54) is 17.5 Å². The highest BCUT2D eigenvalue weighted by atomic mass is 16.3.